The third-order valence-electron chi connectivity index (χ3n) is 3.04. The van der Waals surface area contributed by atoms with Gasteiger partial charge in [-0.1, -0.05) is 23.7 Å². The third kappa shape index (κ3) is 3.22. The lowest BCUT2D eigenvalue weighted by molar-refractivity contribution is 0.0698. The number of nitrogens with zero attached hydrogens (tertiary/aromatic N) is 1. The zero-order valence-electron chi connectivity index (χ0n) is 11.0. The molecule has 0 saturated heterocycles. The molecule has 0 saturated carbocycles. The number of halogens is 1. The van der Waals surface area contributed by atoms with Crippen molar-refractivity contribution in [1.29, 1.82) is 0 Å². The minimum Gasteiger partial charge on any atom is -0.478 e. The van der Waals surface area contributed by atoms with Crippen molar-refractivity contribution >= 4 is 28.9 Å². The summed E-state index contributed by atoms with van der Waals surface area (Å²) < 4.78 is 0. The highest BCUT2D eigenvalue weighted by molar-refractivity contribution is 6.30. The first-order valence-corrected chi connectivity index (χ1v) is 6.43. The van der Waals surface area contributed by atoms with E-state index < -0.39 is 5.97 Å². The first kappa shape index (κ1) is 14.2. The van der Waals surface area contributed by atoms with Crippen LogP contribution in [0, 0.1) is 0 Å². The Morgan fingerprint density at radius 2 is 1.90 bits per heavy atom. The lowest BCUT2D eigenvalue weighted by Gasteiger charge is -2.20. The third-order valence-corrected chi connectivity index (χ3v) is 3.29. The maximum Gasteiger partial charge on any atom is 0.337 e. The minimum absolute atomic E-state index is 0.116. The molecule has 5 heteroatoms. The summed E-state index contributed by atoms with van der Waals surface area (Å²) in [5, 5.41) is 9.77. The molecule has 20 heavy (non-hydrogen) atoms. The van der Waals surface area contributed by atoms with Gasteiger partial charge in [0.05, 0.1) is 5.56 Å². The van der Waals surface area contributed by atoms with Crippen molar-refractivity contribution in [3.8, 4) is 0 Å². The standard InChI is InChI=1S/C15H15ClN2O2/c1-18(9-10-2-4-11(16)5-3-10)12-6-7-14(17)13(8-12)15(19)20/h2-8H,9,17H2,1H3,(H,19,20). The number of hydrogen-bond donors (Lipinski definition) is 2. The van der Waals surface area contributed by atoms with Crippen LogP contribution in [0.1, 0.15) is 15.9 Å². The molecule has 0 spiro atoms. The predicted octanol–water partition coefficient (Wildman–Crippen LogP) is 3.26. The number of rotatable bonds is 4. The van der Waals surface area contributed by atoms with E-state index in [4.69, 9.17) is 22.4 Å². The first-order chi connectivity index (χ1) is 9.47. The maximum atomic E-state index is 11.1. The van der Waals surface area contributed by atoms with E-state index in [2.05, 4.69) is 0 Å². The minimum atomic E-state index is -1.02. The molecule has 0 amide bonds. The second kappa shape index (κ2) is 5.84. The van der Waals surface area contributed by atoms with E-state index in [0.29, 0.717) is 11.6 Å². The second-order valence-corrected chi connectivity index (χ2v) is 5.00. The summed E-state index contributed by atoms with van der Waals surface area (Å²) in [7, 11) is 1.89. The largest absolute Gasteiger partial charge is 0.478 e. The summed E-state index contributed by atoms with van der Waals surface area (Å²) in [5.74, 6) is -1.02. The van der Waals surface area contributed by atoms with Gasteiger partial charge in [-0.05, 0) is 35.9 Å². The van der Waals surface area contributed by atoms with E-state index in [1.807, 2.05) is 36.2 Å². The lowest BCUT2D eigenvalue weighted by Crippen LogP contribution is -2.17. The van der Waals surface area contributed by atoms with Crippen LogP contribution in [0.25, 0.3) is 0 Å². The fourth-order valence-electron chi connectivity index (χ4n) is 1.92. The van der Waals surface area contributed by atoms with Crippen LogP contribution in [0.2, 0.25) is 5.02 Å². The van der Waals surface area contributed by atoms with Crippen molar-refractivity contribution in [2.24, 2.45) is 0 Å². The van der Waals surface area contributed by atoms with Gasteiger partial charge < -0.3 is 15.7 Å². The van der Waals surface area contributed by atoms with Crippen LogP contribution in [0.4, 0.5) is 11.4 Å². The zero-order chi connectivity index (χ0) is 14.7. The molecule has 0 heterocycles. The van der Waals surface area contributed by atoms with E-state index in [1.54, 1.807) is 18.2 Å². The summed E-state index contributed by atoms with van der Waals surface area (Å²) in [6.07, 6.45) is 0. The molecule has 0 atom stereocenters. The van der Waals surface area contributed by atoms with Gasteiger partial charge in [0.25, 0.3) is 0 Å². The molecule has 0 fully saturated rings. The molecule has 0 aromatic heterocycles. The van der Waals surface area contributed by atoms with Gasteiger partial charge in [0, 0.05) is 30.0 Å². The molecule has 4 nitrogen and oxygen atoms in total. The SMILES string of the molecule is CN(Cc1ccc(Cl)cc1)c1ccc(N)c(C(=O)O)c1. The van der Waals surface area contributed by atoms with Crippen molar-refractivity contribution in [1.82, 2.24) is 0 Å². The Kier molecular flexibility index (Phi) is 4.15. The number of aromatic carboxylic acids is 1. The molecule has 0 radical (unpaired) electrons. The average Bonchev–Trinajstić information content (AvgIpc) is 2.41. The van der Waals surface area contributed by atoms with Gasteiger partial charge in [-0.2, -0.15) is 0 Å². The Balaban J connectivity index is 2.20. The van der Waals surface area contributed by atoms with Gasteiger partial charge in [0.1, 0.15) is 0 Å². The highest BCUT2D eigenvalue weighted by Crippen LogP contribution is 2.22. The quantitative estimate of drug-likeness (QED) is 0.848. The summed E-state index contributed by atoms with van der Waals surface area (Å²) in [5.41, 5.74) is 7.91. The lowest BCUT2D eigenvalue weighted by atomic mass is 10.1. The molecule has 3 N–H and O–H groups in total. The highest BCUT2D eigenvalue weighted by atomic mass is 35.5. The monoisotopic (exact) mass is 290 g/mol. The van der Waals surface area contributed by atoms with Crippen LogP contribution >= 0.6 is 11.6 Å². The number of carbonyl (C=O) groups is 1. The van der Waals surface area contributed by atoms with Crippen LogP contribution in [-0.4, -0.2) is 18.1 Å². The van der Waals surface area contributed by atoms with E-state index in [1.165, 1.54) is 0 Å². The molecule has 0 aliphatic heterocycles. The molecule has 0 aliphatic carbocycles. The maximum absolute atomic E-state index is 11.1. The Bertz CT molecular complexity index is 626. The number of carboxylic acids is 1. The smallest absolute Gasteiger partial charge is 0.337 e. The van der Waals surface area contributed by atoms with Crippen LogP contribution < -0.4 is 10.6 Å². The Morgan fingerprint density at radius 3 is 2.50 bits per heavy atom. The van der Waals surface area contributed by atoms with Crippen LogP contribution in [0.15, 0.2) is 42.5 Å². The van der Waals surface area contributed by atoms with Crippen molar-refractivity contribution in [2.75, 3.05) is 17.7 Å². The molecule has 0 aliphatic rings. The van der Waals surface area contributed by atoms with Gasteiger partial charge in [0.15, 0.2) is 0 Å². The van der Waals surface area contributed by atoms with Crippen LogP contribution in [0.5, 0.6) is 0 Å². The fraction of sp³-hybridized carbons (Fsp3) is 0.133. The van der Waals surface area contributed by atoms with Gasteiger partial charge in [0.2, 0.25) is 0 Å². The number of anilines is 2. The van der Waals surface area contributed by atoms with Gasteiger partial charge in [-0.25, -0.2) is 4.79 Å². The van der Waals surface area contributed by atoms with Crippen molar-refractivity contribution in [3.05, 3.63) is 58.6 Å². The van der Waals surface area contributed by atoms with Crippen LogP contribution in [0.3, 0.4) is 0 Å². The van der Waals surface area contributed by atoms with E-state index in [9.17, 15) is 4.79 Å². The topological polar surface area (TPSA) is 66.6 Å². The Hall–Kier alpha value is -2.20. The van der Waals surface area contributed by atoms with Crippen molar-refractivity contribution in [2.45, 2.75) is 6.54 Å². The predicted molar refractivity (Wildman–Crippen MR) is 81.4 cm³/mol. The molecular weight excluding hydrogens is 276 g/mol. The summed E-state index contributed by atoms with van der Waals surface area (Å²) in [4.78, 5) is 13.0. The van der Waals surface area contributed by atoms with Crippen LogP contribution in [-0.2, 0) is 6.54 Å². The number of nitrogen functional groups attached to an aromatic ring is 1. The number of nitrogens with two attached hydrogens (primary N) is 1. The summed E-state index contributed by atoms with van der Waals surface area (Å²) in [6, 6.07) is 12.5. The molecule has 2 aromatic carbocycles. The molecule has 2 aromatic rings. The fourth-order valence-corrected chi connectivity index (χ4v) is 2.05. The molecular formula is C15H15ClN2O2. The first-order valence-electron chi connectivity index (χ1n) is 6.06. The average molecular weight is 291 g/mol. The number of hydrogen-bond acceptors (Lipinski definition) is 3. The van der Waals surface area contributed by atoms with Crippen molar-refractivity contribution in [3.63, 3.8) is 0 Å². The summed E-state index contributed by atoms with van der Waals surface area (Å²) >= 11 is 5.85. The van der Waals surface area contributed by atoms with Crippen molar-refractivity contribution < 1.29 is 9.90 Å². The number of carboxylic acid groups (broad SMARTS) is 1. The highest BCUT2D eigenvalue weighted by Gasteiger charge is 2.11. The zero-order valence-corrected chi connectivity index (χ0v) is 11.8. The molecule has 0 bridgehead atoms. The number of benzene rings is 2. The molecule has 2 rings (SSSR count). The second-order valence-electron chi connectivity index (χ2n) is 4.56. The van der Waals surface area contributed by atoms with Gasteiger partial charge in [-0.15, -0.1) is 0 Å². The van der Waals surface area contributed by atoms with Gasteiger partial charge >= 0.3 is 5.97 Å². The Morgan fingerprint density at radius 1 is 1.25 bits per heavy atom. The van der Waals surface area contributed by atoms with E-state index in [0.717, 1.165) is 11.3 Å². The van der Waals surface area contributed by atoms with Gasteiger partial charge in [-0.3, -0.25) is 0 Å². The Labute approximate surface area is 122 Å². The summed E-state index contributed by atoms with van der Waals surface area (Å²) in [6.45, 7) is 0.653. The molecule has 0 unspecified atom stereocenters. The van der Waals surface area contributed by atoms with E-state index in [-0.39, 0.29) is 11.3 Å². The van der Waals surface area contributed by atoms with E-state index >= 15 is 0 Å². The normalized spacial score (nSPS) is 10.3. The molecule has 104 valence electrons.